The number of likely N-dealkylation sites (tertiary alicyclic amines) is 1. The number of β-amino-alcohol motifs (C(OH)–C–C–N with tert-alkyl or cyclic N) is 1. The summed E-state index contributed by atoms with van der Waals surface area (Å²) in [5.41, 5.74) is -0.666. The average Bonchev–Trinajstić information content (AvgIpc) is 3.47. The number of amides is 3. The highest BCUT2D eigenvalue weighted by Gasteiger charge is 2.79. The molecule has 200 valence electrons. The van der Waals surface area contributed by atoms with Crippen LogP contribution in [0.15, 0.2) is 43.5 Å². The Kier molecular flexibility index (Phi) is 7.57. The fraction of sp³-hybridized carbons (Fsp3) is 0.536. The summed E-state index contributed by atoms with van der Waals surface area (Å²) in [5, 5.41) is 10.3. The zero-order valence-corrected chi connectivity index (χ0v) is 22.5. The third kappa shape index (κ3) is 4.01. The van der Waals surface area contributed by atoms with Crippen molar-refractivity contribution in [3.05, 3.63) is 54.1 Å². The number of carbonyl (C=O) groups excluding carboxylic acids is 3. The number of hydrogen-bond donors (Lipinski definition) is 1. The second-order valence-corrected chi connectivity index (χ2v) is 10.6. The fourth-order valence-corrected chi connectivity index (χ4v) is 7.10. The van der Waals surface area contributed by atoms with Gasteiger partial charge in [0, 0.05) is 26.7 Å². The van der Waals surface area contributed by atoms with Crippen molar-refractivity contribution in [2.24, 2.45) is 11.8 Å². The van der Waals surface area contributed by atoms with Gasteiger partial charge in [-0.05, 0) is 37.8 Å². The first-order valence-corrected chi connectivity index (χ1v) is 13.2. The van der Waals surface area contributed by atoms with Gasteiger partial charge in [-0.3, -0.25) is 14.4 Å². The van der Waals surface area contributed by atoms with Crippen LogP contribution in [0.3, 0.4) is 0 Å². The van der Waals surface area contributed by atoms with Crippen LogP contribution in [0, 0.1) is 18.8 Å². The van der Waals surface area contributed by atoms with Gasteiger partial charge in [-0.2, -0.15) is 0 Å². The lowest BCUT2D eigenvalue weighted by molar-refractivity contribution is -0.150. The normalized spacial score (nSPS) is 29.8. The highest BCUT2D eigenvalue weighted by Crippen LogP contribution is 2.64. The predicted octanol–water partition coefficient (Wildman–Crippen LogP) is 2.96. The molecular formula is C28H36ClN3O5. The van der Waals surface area contributed by atoms with E-state index in [-0.39, 0.29) is 37.4 Å². The molecule has 3 heterocycles. The third-order valence-electron chi connectivity index (χ3n) is 8.34. The molecule has 1 N–H and O–H groups in total. The molecule has 4 rings (SSSR count). The molecule has 3 aliphatic heterocycles. The molecule has 5 atom stereocenters. The van der Waals surface area contributed by atoms with E-state index in [1.807, 2.05) is 26.0 Å². The van der Waals surface area contributed by atoms with Gasteiger partial charge < -0.3 is 24.5 Å². The number of likely N-dealkylation sites (N-methyl/N-ethyl adjacent to an activating group) is 1. The minimum absolute atomic E-state index is 0.0389. The van der Waals surface area contributed by atoms with Gasteiger partial charge in [-0.15, -0.1) is 13.2 Å². The molecule has 3 amide bonds. The third-order valence-corrected chi connectivity index (χ3v) is 8.64. The minimum Gasteiger partial charge on any atom is -0.395 e. The van der Waals surface area contributed by atoms with Crippen LogP contribution in [0.2, 0.25) is 5.02 Å². The summed E-state index contributed by atoms with van der Waals surface area (Å²) in [7, 11) is 1.69. The van der Waals surface area contributed by atoms with E-state index < -0.39 is 29.1 Å². The van der Waals surface area contributed by atoms with E-state index in [0.717, 1.165) is 5.56 Å². The molecular weight excluding hydrogens is 494 g/mol. The van der Waals surface area contributed by atoms with Crippen molar-refractivity contribution in [1.29, 1.82) is 0 Å². The smallest absolute Gasteiger partial charge is 0.253 e. The Labute approximate surface area is 223 Å². The Morgan fingerprint density at radius 3 is 2.54 bits per heavy atom. The summed E-state index contributed by atoms with van der Waals surface area (Å²) in [5.74, 6) is -2.43. The van der Waals surface area contributed by atoms with Crippen molar-refractivity contribution in [2.45, 2.75) is 50.4 Å². The first kappa shape index (κ1) is 27.4. The molecule has 1 aromatic carbocycles. The molecule has 0 aliphatic carbocycles. The van der Waals surface area contributed by atoms with Crippen LogP contribution >= 0.6 is 11.6 Å². The number of para-hydroxylation sites is 1. The summed E-state index contributed by atoms with van der Waals surface area (Å²) < 4.78 is 6.76. The maximum absolute atomic E-state index is 14.5. The molecule has 1 aromatic rings. The van der Waals surface area contributed by atoms with Crippen molar-refractivity contribution in [3.63, 3.8) is 0 Å². The van der Waals surface area contributed by atoms with Crippen LogP contribution in [0.4, 0.5) is 5.69 Å². The summed E-state index contributed by atoms with van der Waals surface area (Å²) in [4.78, 5) is 46.7. The number of anilines is 1. The number of aryl methyl sites for hydroxylation is 1. The van der Waals surface area contributed by atoms with Crippen molar-refractivity contribution >= 4 is 35.0 Å². The molecule has 3 aliphatic rings. The number of aliphatic hydroxyl groups is 1. The number of fused-ring (bicyclic) bond motifs is 1. The van der Waals surface area contributed by atoms with Crippen molar-refractivity contribution in [3.8, 4) is 0 Å². The summed E-state index contributed by atoms with van der Waals surface area (Å²) >= 11 is 6.56. The maximum Gasteiger partial charge on any atom is 0.253 e. The molecule has 37 heavy (non-hydrogen) atoms. The first-order valence-electron chi connectivity index (χ1n) is 12.8. The lowest BCUT2D eigenvalue weighted by atomic mass is 9.64. The molecule has 3 fully saturated rings. The summed E-state index contributed by atoms with van der Waals surface area (Å²) in [6.45, 7) is 11.5. The highest BCUT2D eigenvalue weighted by molar-refractivity contribution is 6.34. The van der Waals surface area contributed by atoms with Crippen LogP contribution in [0.5, 0.6) is 0 Å². The number of aliphatic hydroxyl groups excluding tert-OH is 1. The largest absolute Gasteiger partial charge is 0.395 e. The van der Waals surface area contributed by atoms with E-state index in [4.69, 9.17) is 16.3 Å². The van der Waals surface area contributed by atoms with Crippen molar-refractivity contribution in [1.82, 2.24) is 9.80 Å². The standard InChI is InChI=1S/C28H36ClN3O5/c1-6-14-30(5)24(34)20-21-25(35)32(16-17-33)23(28(21)13-12-27(20,8-3)37-28)26(36)31(15-7-2)22-18(4)10-9-11-19(22)29/h6-7,9-11,20-21,23,33H,1-2,8,12-17H2,3-5H3/t20-,21-,23?,27+,28?/m0/s1. The summed E-state index contributed by atoms with van der Waals surface area (Å²) in [6.07, 6.45) is 4.82. The van der Waals surface area contributed by atoms with Crippen LogP contribution in [0.25, 0.3) is 0 Å². The van der Waals surface area contributed by atoms with E-state index >= 15 is 0 Å². The Hall–Kier alpha value is -2.68. The van der Waals surface area contributed by atoms with Crippen LogP contribution < -0.4 is 4.90 Å². The second-order valence-electron chi connectivity index (χ2n) is 10.2. The first-order chi connectivity index (χ1) is 17.6. The van der Waals surface area contributed by atoms with E-state index in [9.17, 15) is 19.5 Å². The molecule has 3 saturated heterocycles. The molecule has 2 unspecified atom stereocenters. The SMILES string of the molecule is C=CCN(C)C(=O)[C@@H]1[C@H]2C(=O)N(CCO)C(C(=O)N(CC=C)c3c(C)cccc3Cl)C23CC[C@@]1(CC)O3. The molecule has 0 aromatic heterocycles. The number of ether oxygens (including phenoxy) is 1. The van der Waals surface area contributed by atoms with E-state index in [0.29, 0.717) is 36.5 Å². The van der Waals surface area contributed by atoms with Gasteiger partial charge in [0.2, 0.25) is 11.8 Å². The van der Waals surface area contributed by atoms with Crippen LogP contribution in [0.1, 0.15) is 31.7 Å². The maximum atomic E-state index is 14.5. The Morgan fingerprint density at radius 2 is 1.95 bits per heavy atom. The monoisotopic (exact) mass is 529 g/mol. The molecule has 0 saturated carbocycles. The molecule has 9 heteroatoms. The topological polar surface area (TPSA) is 90.4 Å². The number of hydrogen-bond acceptors (Lipinski definition) is 5. The lowest BCUT2D eigenvalue weighted by Crippen LogP contribution is -2.57. The van der Waals surface area contributed by atoms with E-state index in [1.165, 1.54) is 4.90 Å². The molecule has 8 nitrogen and oxygen atoms in total. The van der Waals surface area contributed by atoms with Crippen LogP contribution in [-0.2, 0) is 19.1 Å². The van der Waals surface area contributed by atoms with Gasteiger partial charge in [0.1, 0.15) is 11.6 Å². The van der Waals surface area contributed by atoms with Crippen molar-refractivity contribution in [2.75, 3.05) is 38.2 Å². The van der Waals surface area contributed by atoms with Crippen LogP contribution in [-0.4, -0.2) is 83.2 Å². The van der Waals surface area contributed by atoms with E-state index in [1.54, 1.807) is 35.1 Å². The summed E-state index contributed by atoms with van der Waals surface area (Å²) in [6, 6.07) is 4.38. The number of rotatable bonds is 10. The number of nitrogens with zero attached hydrogens (tertiary/aromatic N) is 3. The number of benzene rings is 1. The van der Waals surface area contributed by atoms with Crippen molar-refractivity contribution < 1.29 is 24.2 Å². The second kappa shape index (κ2) is 10.2. The predicted molar refractivity (Wildman–Crippen MR) is 142 cm³/mol. The zero-order valence-electron chi connectivity index (χ0n) is 21.8. The Balaban J connectivity index is 1.85. The van der Waals surface area contributed by atoms with Gasteiger partial charge in [0.15, 0.2) is 0 Å². The van der Waals surface area contributed by atoms with Gasteiger partial charge in [0.25, 0.3) is 5.91 Å². The molecule has 1 spiro atoms. The number of carbonyl (C=O) groups is 3. The fourth-order valence-electron chi connectivity index (χ4n) is 6.78. The zero-order chi connectivity index (χ0) is 27.1. The molecule has 0 radical (unpaired) electrons. The number of halogens is 1. The Bertz CT molecular complexity index is 1100. The average molecular weight is 530 g/mol. The lowest BCUT2D eigenvalue weighted by Gasteiger charge is -2.37. The van der Waals surface area contributed by atoms with Gasteiger partial charge in [-0.25, -0.2) is 0 Å². The van der Waals surface area contributed by atoms with Gasteiger partial charge in [-0.1, -0.05) is 42.8 Å². The Morgan fingerprint density at radius 1 is 1.24 bits per heavy atom. The quantitative estimate of drug-likeness (QED) is 0.471. The highest BCUT2D eigenvalue weighted by atomic mass is 35.5. The van der Waals surface area contributed by atoms with Gasteiger partial charge >= 0.3 is 0 Å². The van der Waals surface area contributed by atoms with E-state index in [2.05, 4.69) is 13.2 Å². The molecule has 2 bridgehead atoms. The van der Waals surface area contributed by atoms with Gasteiger partial charge in [0.05, 0.1) is 34.8 Å². The minimum atomic E-state index is -1.18.